The molecule has 0 atom stereocenters. The van der Waals surface area contributed by atoms with Crippen LogP contribution in [0.5, 0.6) is 0 Å². The van der Waals surface area contributed by atoms with E-state index < -0.39 is 58.8 Å². The normalized spacial score (nSPS) is 15.8. The maximum atomic E-state index is 2.78. The van der Waals surface area contributed by atoms with Gasteiger partial charge in [0.05, 0.1) is 22.7 Å². The van der Waals surface area contributed by atoms with Crippen molar-refractivity contribution in [3.63, 3.8) is 0 Å². The van der Waals surface area contributed by atoms with Gasteiger partial charge in [-0.1, -0.05) is 118 Å². The molecular weight excluding hydrogens is 633 g/mol. The van der Waals surface area contributed by atoms with E-state index in [-0.39, 0.29) is 0 Å². The third-order valence-corrected chi connectivity index (χ3v) is 160. The molecule has 0 aliphatic carbocycles. The molecule has 3 aromatic heterocycles. The van der Waals surface area contributed by atoms with Gasteiger partial charge in [0.2, 0.25) is 0 Å². The molecule has 3 aromatic rings. The monoisotopic (exact) mass is 688 g/mol. The van der Waals surface area contributed by atoms with Crippen molar-refractivity contribution < 1.29 is 0 Å². The minimum atomic E-state index is -1.55. The molecule has 3 heterocycles. The summed E-state index contributed by atoms with van der Waals surface area (Å²) < 4.78 is 10.5. The number of hydrogen-bond donors (Lipinski definition) is 0. The van der Waals surface area contributed by atoms with Gasteiger partial charge in [0.15, 0.2) is 0 Å². The Morgan fingerprint density at radius 1 is 0.351 bits per heavy atom. The fourth-order valence-electron chi connectivity index (χ4n) is 10.7. The highest BCUT2D eigenvalue weighted by atomic mass is 32.1. The lowest BCUT2D eigenvalue weighted by molar-refractivity contribution is 1.74. The van der Waals surface area contributed by atoms with Crippen LogP contribution >= 0.6 is 34.0 Å². The number of fused-ring (bicyclic) bond motifs is 3. The second kappa shape index (κ2) is 9.43. The molecule has 0 spiro atoms. The van der Waals surface area contributed by atoms with E-state index in [1.54, 1.807) is 18.8 Å². The minimum Gasteiger partial charge on any atom is -0.143 e. The Morgan fingerprint density at radius 3 is 0.757 bits per heavy atom. The van der Waals surface area contributed by atoms with Crippen molar-refractivity contribution in [1.82, 2.24) is 0 Å². The van der Waals surface area contributed by atoms with E-state index >= 15 is 0 Å². The van der Waals surface area contributed by atoms with Crippen LogP contribution in [0.15, 0.2) is 12.1 Å². The first-order valence-electron chi connectivity index (χ1n) is 14.1. The van der Waals surface area contributed by atoms with E-state index in [1.165, 1.54) is 0 Å². The highest BCUT2D eigenvalue weighted by Crippen LogP contribution is 2.46. The summed E-state index contributed by atoms with van der Waals surface area (Å²) in [6.45, 7) is 46.4. The fraction of sp³-hybridized carbons (Fsp3) is 0.692. The van der Waals surface area contributed by atoms with Gasteiger partial charge in [-0.2, -0.15) is 0 Å². The van der Waals surface area contributed by atoms with Crippen LogP contribution in [0.4, 0.5) is 0 Å². The van der Waals surface area contributed by atoms with Gasteiger partial charge in [0, 0.05) is 54.9 Å². The van der Waals surface area contributed by atoms with Crippen molar-refractivity contribution >= 4 is 121 Å². The Kier molecular flexibility index (Phi) is 8.38. The largest absolute Gasteiger partial charge is 0.143 e. The van der Waals surface area contributed by atoms with Gasteiger partial charge in [-0.05, 0) is 21.1 Å². The lowest BCUT2D eigenvalue weighted by Crippen LogP contribution is -2.87. The predicted molar refractivity (Wildman–Crippen MR) is 206 cm³/mol. The lowest BCUT2D eigenvalue weighted by atomic mass is 10.5. The molecular formula is C26H56S3Si8. The Bertz CT molecular complexity index is 1120. The van der Waals surface area contributed by atoms with Crippen LogP contribution in [0.2, 0.25) is 118 Å². The molecule has 0 bridgehead atoms. The summed E-state index contributed by atoms with van der Waals surface area (Å²) in [5, 5.41) is 0. The van der Waals surface area contributed by atoms with Crippen LogP contribution in [0.3, 0.4) is 0 Å². The summed E-state index contributed by atoms with van der Waals surface area (Å²) >= 11 is 6.76. The molecule has 0 N–H and O–H groups in total. The molecule has 0 aromatic carbocycles. The molecule has 210 valence electrons. The fourth-order valence-corrected chi connectivity index (χ4v) is 231. The van der Waals surface area contributed by atoms with Gasteiger partial charge >= 0.3 is 0 Å². The number of rotatable bonds is 8. The van der Waals surface area contributed by atoms with Gasteiger partial charge < -0.3 is 0 Å². The summed E-state index contributed by atoms with van der Waals surface area (Å²) in [5.74, 6) is 0. The maximum absolute atomic E-state index is 2.78. The van der Waals surface area contributed by atoms with Crippen molar-refractivity contribution in [3.8, 4) is 0 Å². The van der Waals surface area contributed by atoms with E-state index in [9.17, 15) is 0 Å². The SMILES string of the molecule is C[Si](C)(C)[Si](c1cc2sc3cc([Si]([Si](C)(C)C)([Si](C)(C)C)[Si](C)(C)C)sc3c2s1)([Si](C)(C)C)[Si](C)(C)C. The zero-order valence-electron chi connectivity index (χ0n) is 27.4. The van der Waals surface area contributed by atoms with E-state index in [0.717, 1.165) is 0 Å². The minimum absolute atomic E-state index is 1.35. The van der Waals surface area contributed by atoms with Crippen molar-refractivity contribution in [2.45, 2.75) is 118 Å². The summed E-state index contributed by atoms with van der Waals surface area (Å²) in [6, 6.07) is 5.55. The summed E-state index contributed by atoms with van der Waals surface area (Å²) in [5.41, 5.74) is 0. The molecule has 0 radical (unpaired) electrons. The van der Waals surface area contributed by atoms with Crippen molar-refractivity contribution in [3.05, 3.63) is 12.1 Å². The first kappa shape index (κ1) is 32.9. The van der Waals surface area contributed by atoms with E-state index in [2.05, 4.69) is 164 Å². The molecule has 3 rings (SSSR count). The van der Waals surface area contributed by atoms with E-state index in [1.807, 2.05) is 9.00 Å². The van der Waals surface area contributed by atoms with Gasteiger partial charge in [0.1, 0.15) is 0 Å². The third kappa shape index (κ3) is 4.73. The predicted octanol–water partition coefficient (Wildman–Crippen LogP) is 9.99. The summed E-state index contributed by atoms with van der Waals surface area (Å²) in [6.07, 6.45) is 0. The van der Waals surface area contributed by atoms with Gasteiger partial charge in [0.25, 0.3) is 0 Å². The van der Waals surface area contributed by atoms with Crippen LogP contribution in [-0.2, 0) is 0 Å². The Morgan fingerprint density at radius 2 is 0.568 bits per heavy atom. The van der Waals surface area contributed by atoms with Crippen molar-refractivity contribution in [1.29, 1.82) is 0 Å². The maximum Gasteiger partial charge on any atom is 0.0807 e. The summed E-state index contributed by atoms with van der Waals surface area (Å²) in [7, 11) is -8.08. The van der Waals surface area contributed by atoms with Gasteiger partial charge in [-0.25, -0.2) is 0 Å². The lowest BCUT2D eigenvalue weighted by Gasteiger charge is -2.57. The molecule has 11 heteroatoms. The molecule has 0 nitrogen and oxygen atoms in total. The average molecular weight is 690 g/mol. The second-order valence-electron chi connectivity index (χ2n) is 17.7. The standard InChI is InChI=1S/C26H56S3Si8/c1-30(2,3)36(31(4,5)6,32(7,8)9)23-19-21-25(28-23)26-22(27-21)20-24(29-26)37(33(10,11)12,34(13,14)15)35(16,17)18/h19-20H,1-18H3. The topological polar surface area (TPSA) is 0 Å². The quantitative estimate of drug-likeness (QED) is 0.207. The first-order valence-corrected chi connectivity index (χ1v) is 47.6. The summed E-state index contributed by atoms with van der Waals surface area (Å²) in [4.78, 5) is 0. The first-order chi connectivity index (χ1) is 16.2. The van der Waals surface area contributed by atoms with Crippen LogP contribution in [0.1, 0.15) is 0 Å². The molecule has 0 aliphatic rings. The molecule has 0 aliphatic heterocycles. The van der Waals surface area contributed by atoms with Gasteiger partial charge in [-0.15, -0.1) is 34.0 Å². The molecule has 0 fully saturated rings. The zero-order valence-corrected chi connectivity index (χ0v) is 37.8. The third-order valence-electron chi connectivity index (χ3n) is 9.31. The Labute approximate surface area is 248 Å². The number of hydrogen-bond acceptors (Lipinski definition) is 3. The molecule has 0 amide bonds. The van der Waals surface area contributed by atoms with Crippen molar-refractivity contribution in [2.24, 2.45) is 0 Å². The Balaban J connectivity index is 2.42. The molecule has 0 unspecified atom stereocenters. The smallest absolute Gasteiger partial charge is 0.0807 e. The zero-order chi connectivity index (χ0) is 29.0. The Hall–Kier alpha value is 1.36. The average Bonchev–Trinajstić information content (AvgIpc) is 3.18. The van der Waals surface area contributed by atoms with Crippen LogP contribution in [0.25, 0.3) is 18.8 Å². The van der Waals surface area contributed by atoms with Crippen molar-refractivity contribution in [2.75, 3.05) is 0 Å². The van der Waals surface area contributed by atoms with Crippen LogP contribution < -0.4 is 9.00 Å². The van der Waals surface area contributed by atoms with Crippen LogP contribution in [-0.4, -0.2) is 58.8 Å². The molecule has 0 saturated carbocycles. The van der Waals surface area contributed by atoms with Crippen LogP contribution in [0, 0.1) is 0 Å². The highest BCUT2D eigenvalue weighted by molar-refractivity contribution is 7.96. The molecule has 0 saturated heterocycles. The van der Waals surface area contributed by atoms with Gasteiger partial charge in [-0.3, -0.25) is 0 Å². The number of thiophene rings is 3. The molecule has 37 heavy (non-hydrogen) atoms. The van der Waals surface area contributed by atoms with E-state index in [4.69, 9.17) is 0 Å². The highest BCUT2D eigenvalue weighted by Gasteiger charge is 2.64. The van der Waals surface area contributed by atoms with E-state index in [0.29, 0.717) is 0 Å². The second-order valence-corrected chi connectivity index (χ2v) is 102.